The molecule has 0 unspecified atom stereocenters. The highest BCUT2D eigenvalue weighted by atomic mass is 16.5. The van der Waals surface area contributed by atoms with Gasteiger partial charge in [-0.2, -0.15) is 0 Å². The standard InChI is InChI=1S/C14H22N2O/c15-9-6-14(7-10-16-11-8-14)17-12-13-4-2-1-3-5-13/h1-5,16H,6-12,15H2. The predicted octanol–water partition coefficient (Wildman–Crippen LogP) is 1.67. The van der Waals surface area contributed by atoms with E-state index >= 15 is 0 Å². The Hall–Kier alpha value is -0.900. The van der Waals surface area contributed by atoms with E-state index in [-0.39, 0.29) is 5.60 Å². The highest BCUT2D eigenvalue weighted by Crippen LogP contribution is 2.27. The average Bonchev–Trinajstić information content (AvgIpc) is 2.39. The lowest BCUT2D eigenvalue weighted by Crippen LogP contribution is -2.45. The summed E-state index contributed by atoms with van der Waals surface area (Å²) in [6, 6.07) is 10.4. The topological polar surface area (TPSA) is 47.3 Å². The van der Waals surface area contributed by atoms with Gasteiger partial charge in [-0.3, -0.25) is 0 Å². The fourth-order valence-electron chi connectivity index (χ4n) is 2.42. The van der Waals surface area contributed by atoms with Crippen LogP contribution in [0.25, 0.3) is 0 Å². The van der Waals surface area contributed by atoms with Gasteiger partial charge in [-0.1, -0.05) is 30.3 Å². The van der Waals surface area contributed by atoms with Gasteiger partial charge >= 0.3 is 0 Å². The Balaban J connectivity index is 1.93. The van der Waals surface area contributed by atoms with Crippen LogP contribution in [0.3, 0.4) is 0 Å². The molecule has 3 nitrogen and oxygen atoms in total. The maximum Gasteiger partial charge on any atom is 0.0724 e. The van der Waals surface area contributed by atoms with Gasteiger partial charge in [0.15, 0.2) is 0 Å². The molecule has 94 valence electrons. The van der Waals surface area contributed by atoms with Gasteiger partial charge in [-0.05, 0) is 44.5 Å². The summed E-state index contributed by atoms with van der Waals surface area (Å²) in [6.45, 7) is 3.47. The van der Waals surface area contributed by atoms with Crippen molar-refractivity contribution in [2.45, 2.75) is 31.5 Å². The fraction of sp³-hybridized carbons (Fsp3) is 0.571. The average molecular weight is 234 g/mol. The lowest BCUT2D eigenvalue weighted by Gasteiger charge is -2.37. The molecule has 1 heterocycles. The van der Waals surface area contributed by atoms with Crippen LogP contribution in [0.4, 0.5) is 0 Å². The molecular weight excluding hydrogens is 212 g/mol. The van der Waals surface area contributed by atoms with Crippen LogP contribution in [-0.2, 0) is 11.3 Å². The number of piperidine rings is 1. The Morgan fingerprint density at radius 2 is 1.88 bits per heavy atom. The monoisotopic (exact) mass is 234 g/mol. The van der Waals surface area contributed by atoms with Gasteiger partial charge in [0.05, 0.1) is 12.2 Å². The van der Waals surface area contributed by atoms with E-state index in [4.69, 9.17) is 10.5 Å². The second kappa shape index (κ2) is 6.15. The molecule has 0 aromatic heterocycles. The first-order chi connectivity index (χ1) is 8.35. The summed E-state index contributed by atoms with van der Waals surface area (Å²) in [6.07, 6.45) is 3.09. The van der Waals surface area contributed by atoms with Crippen LogP contribution in [0.15, 0.2) is 30.3 Å². The smallest absolute Gasteiger partial charge is 0.0724 e. The summed E-state index contributed by atoms with van der Waals surface area (Å²) in [4.78, 5) is 0. The van der Waals surface area contributed by atoms with Crippen molar-refractivity contribution in [3.05, 3.63) is 35.9 Å². The van der Waals surface area contributed by atoms with Crippen LogP contribution in [0, 0.1) is 0 Å². The van der Waals surface area contributed by atoms with Gasteiger partial charge in [0.2, 0.25) is 0 Å². The summed E-state index contributed by atoms with van der Waals surface area (Å²) >= 11 is 0. The number of benzene rings is 1. The molecule has 1 aliphatic rings. The molecule has 0 amide bonds. The van der Waals surface area contributed by atoms with Crippen molar-refractivity contribution in [1.82, 2.24) is 5.32 Å². The molecule has 1 aromatic rings. The predicted molar refractivity (Wildman–Crippen MR) is 69.7 cm³/mol. The van der Waals surface area contributed by atoms with Gasteiger partial charge in [-0.25, -0.2) is 0 Å². The SMILES string of the molecule is NCCC1(OCc2ccccc2)CCNCC1. The molecule has 0 bridgehead atoms. The first-order valence-electron chi connectivity index (χ1n) is 6.43. The van der Waals surface area contributed by atoms with Crippen molar-refractivity contribution < 1.29 is 4.74 Å². The third kappa shape index (κ3) is 3.53. The minimum atomic E-state index is -0.00413. The van der Waals surface area contributed by atoms with Crippen molar-refractivity contribution in [1.29, 1.82) is 0 Å². The van der Waals surface area contributed by atoms with E-state index in [9.17, 15) is 0 Å². The van der Waals surface area contributed by atoms with E-state index in [1.165, 1.54) is 5.56 Å². The number of rotatable bonds is 5. The van der Waals surface area contributed by atoms with Crippen LogP contribution < -0.4 is 11.1 Å². The van der Waals surface area contributed by atoms with E-state index < -0.39 is 0 Å². The van der Waals surface area contributed by atoms with Crippen LogP contribution in [0.1, 0.15) is 24.8 Å². The zero-order valence-electron chi connectivity index (χ0n) is 10.3. The number of hydrogen-bond acceptors (Lipinski definition) is 3. The maximum absolute atomic E-state index is 6.18. The minimum Gasteiger partial charge on any atom is -0.370 e. The van der Waals surface area contributed by atoms with Crippen molar-refractivity contribution in [3.8, 4) is 0 Å². The van der Waals surface area contributed by atoms with Crippen LogP contribution in [-0.4, -0.2) is 25.2 Å². The third-order valence-corrected chi connectivity index (χ3v) is 3.50. The molecule has 3 N–H and O–H groups in total. The van der Waals surface area contributed by atoms with E-state index in [2.05, 4.69) is 29.6 Å². The summed E-state index contributed by atoms with van der Waals surface area (Å²) in [5, 5.41) is 3.38. The fourth-order valence-corrected chi connectivity index (χ4v) is 2.42. The summed E-state index contributed by atoms with van der Waals surface area (Å²) in [5.74, 6) is 0. The highest BCUT2D eigenvalue weighted by Gasteiger charge is 2.31. The lowest BCUT2D eigenvalue weighted by molar-refractivity contribution is -0.0797. The largest absolute Gasteiger partial charge is 0.370 e. The van der Waals surface area contributed by atoms with Crippen molar-refractivity contribution in [3.63, 3.8) is 0 Å². The molecule has 1 aromatic carbocycles. The van der Waals surface area contributed by atoms with Crippen LogP contribution in [0.2, 0.25) is 0 Å². The molecule has 1 aliphatic heterocycles. The molecule has 1 fully saturated rings. The summed E-state index contributed by atoms with van der Waals surface area (Å²) in [7, 11) is 0. The van der Waals surface area contributed by atoms with Gasteiger partial charge in [0.25, 0.3) is 0 Å². The van der Waals surface area contributed by atoms with E-state index in [1.807, 2.05) is 6.07 Å². The molecule has 3 heteroatoms. The molecule has 0 radical (unpaired) electrons. The van der Waals surface area contributed by atoms with E-state index in [1.54, 1.807) is 0 Å². The molecular formula is C14H22N2O. The Labute approximate surface area is 103 Å². The number of hydrogen-bond donors (Lipinski definition) is 2. The number of ether oxygens (including phenoxy) is 1. The Bertz CT molecular complexity index is 315. The Kier molecular flexibility index (Phi) is 4.54. The molecule has 0 atom stereocenters. The first-order valence-corrected chi connectivity index (χ1v) is 6.43. The quantitative estimate of drug-likeness (QED) is 0.815. The maximum atomic E-state index is 6.18. The van der Waals surface area contributed by atoms with Crippen LogP contribution in [0.5, 0.6) is 0 Å². The van der Waals surface area contributed by atoms with Gasteiger partial charge < -0.3 is 15.8 Å². The zero-order valence-corrected chi connectivity index (χ0v) is 10.3. The van der Waals surface area contributed by atoms with E-state index in [0.29, 0.717) is 13.2 Å². The summed E-state index contributed by atoms with van der Waals surface area (Å²) < 4.78 is 6.18. The normalized spacial score (nSPS) is 19.1. The molecule has 2 rings (SSSR count). The van der Waals surface area contributed by atoms with E-state index in [0.717, 1.165) is 32.4 Å². The third-order valence-electron chi connectivity index (χ3n) is 3.50. The minimum absolute atomic E-state index is 0.00413. The van der Waals surface area contributed by atoms with Gasteiger partial charge in [0.1, 0.15) is 0 Å². The Morgan fingerprint density at radius 1 is 1.18 bits per heavy atom. The molecule has 0 saturated carbocycles. The van der Waals surface area contributed by atoms with Crippen LogP contribution >= 0.6 is 0 Å². The molecule has 0 aliphatic carbocycles. The second-order valence-corrected chi connectivity index (χ2v) is 4.75. The van der Waals surface area contributed by atoms with Crippen molar-refractivity contribution >= 4 is 0 Å². The van der Waals surface area contributed by atoms with Crippen molar-refractivity contribution in [2.75, 3.05) is 19.6 Å². The van der Waals surface area contributed by atoms with Gasteiger partial charge in [0, 0.05) is 0 Å². The number of nitrogens with one attached hydrogen (secondary N) is 1. The second-order valence-electron chi connectivity index (χ2n) is 4.75. The first kappa shape index (κ1) is 12.6. The molecule has 1 saturated heterocycles. The Morgan fingerprint density at radius 3 is 2.53 bits per heavy atom. The lowest BCUT2D eigenvalue weighted by atomic mass is 9.88. The molecule has 0 spiro atoms. The van der Waals surface area contributed by atoms with Gasteiger partial charge in [-0.15, -0.1) is 0 Å². The molecule has 17 heavy (non-hydrogen) atoms. The van der Waals surface area contributed by atoms with Crippen molar-refractivity contribution in [2.24, 2.45) is 5.73 Å². The number of nitrogens with two attached hydrogens (primary N) is 1. The highest BCUT2D eigenvalue weighted by molar-refractivity contribution is 5.13. The zero-order chi connectivity index (χ0) is 12.0. The summed E-state index contributed by atoms with van der Waals surface area (Å²) in [5.41, 5.74) is 6.95.